The van der Waals surface area contributed by atoms with Gasteiger partial charge in [0.1, 0.15) is 0 Å². The number of ketones is 1. The summed E-state index contributed by atoms with van der Waals surface area (Å²) in [6.07, 6.45) is 6.05. The Morgan fingerprint density at radius 2 is 1.88 bits per heavy atom. The number of allylic oxidation sites excluding steroid dienone is 1. The Morgan fingerprint density at radius 1 is 1.21 bits per heavy atom. The average molecular weight is 325 g/mol. The molecule has 0 aliphatic heterocycles. The Kier molecular flexibility index (Phi) is 7.95. The molecule has 24 heavy (non-hydrogen) atoms. The molecule has 0 spiro atoms. The molecule has 0 bridgehead atoms. The number of carbonyl (C=O) groups is 1. The first-order valence-corrected chi connectivity index (χ1v) is 8.78. The number of benzene rings is 1. The van der Waals surface area contributed by atoms with Crippen molar-refractivity contribution in [3.63, 3.8) is 0 Å². The highest BCUT2D eigenvalue weighted by molar-refractivity contribution is 5.97. The molecule has 0 fully saturated rings. The molecule has 0 aliphatic carbocycles. The highest BCUT2D eigenvalue weighted by Gasteiger charge is 2.14. The van der Waals surface area contributed by atoms with Crippen molar-refractivity contribution in [3.05, 3.63) is 47.0 Å². The van der Waals surface area contributed by atoms with Crippen molar-refractivity contribution in [3.8, 4) is 11.8 Å². The molecule has 0 aliphatic rings. The second-order valence-corrected chi connectivity index (χ2v) is 6.86. The predicted octanol–water partition coefficient (Wildman–Crippen LogP) is 4.80. The van der Waals surface area contributed by atoms with Crippen LogP contribution < -0.4 is 0 Å². The van der Waals surface area contributed by atoms with Crippen molar-refractivity contribution >= 4 is 5.78 Å². The van der Waals surface area contributed by atoms with E-state index in [0.717, 1.165) is 30.5 Å². The molecule has 0 unspecified atom stereocenters. The number of nitrogens with zero attached hydrogens (tertiary/aromatic N) is 1. The summed E-state index contributed by atoms with van der Waals surface area (Å²) in [6.45, 7) is 11.8. The minimum atomic E-state index is 0.107. The average Bonchev–Trinajstić information content (AvgIpc) is 2.56. The Hall–Kier alpha value is -1.85. The summed E-state index contributed by atoms with van der Waals surface area (Å²) >= 11 is 0. The van der Waals surface area contributed by atoms with E-state index in [0.29, 0.717) is 6.54 Å². The molecule has 1 aromatic carbocycles. The smallest absolute Gasteiger partial charge is 0.176 e. The Morgan fingerprint density at radius 3 is 2.46 bits per heavy atom. The van der Waals surface area contributed by atoms with Crippen LogP contribution in [-0.2, 0) is 0 Å². The Bertz CT molecular complexity index is 642. The molecule has 1 aromatic rings. The summed E-state index contributed by atoms with van der Waals surface area (Å²) in [5.41, 5.74) is 3.27. The quantitative estimate of drug-likeness (QED) is 0.530. The van der Waals surface area contributed by atoms with E-state index in [2.05, 4.69) is 39.5 Å². The van der Waals surface area contributed by atoms with Gasteiger partial charge in [0.25, 0.3) is 0 Å². The Balaban J connectivity index is 2.53. The zero-order valence-corrected chi connectivity index (χ0v) is 16.1. The minimum Gasteiger partial charge on any atom is -0.295 e. The summed E-state index contributed by atoms with van der Waals surface area (Å²) in [7, 11) is 1.96. The molecule has 130 valence electrons. The fourth-order valence-electron chi connectivity index (χ4n) is 2.25. The number of likely N-dealkylation sites (N-methyl/N-ethyl adjacent to an activating group) is 1. The van der Waals surface area contributed by atoms with Crippen molar-refractivity contribution in [2.45, 2.75) is 47.5 Å². The van der Waals surface area contributed by atoms with Crippen molar-refractivity contribution < 1.29 is 4.79 Å². The molecule has 2 nitrogen and oxygen atoms in total. The van der Waals surface area contributed by atoms with Gasteiger partial charge < -0.3 is 0 Å². The van der Waals surface area contributed by atoms with Crippen LogP contribution in [0.2, 0.25) is 0 Å². The summed E-state index contributed by atoms with van der Waals surface area (Å²) in [5, 5.41) is 0. The van der Waals surface area contributed by atoms with Crippen LogP contribution in [0.15, 0.2) is 30.4 Å². The summed E-state index contributed by atoms with van der Waals surface area (Å²) in [5.74, 6) is 6.62. The topological polar surface area (TPSA) is 20.3 Å². The first-order valence-electron chi connectivity index (χ1n) is 8.78. The zero-order chi connectivity index (χ0) is 18.2. The van der Waals surface area contributed by atoms with Gasteiger partial charge >= 0.3 is 0 Å². The lowest BCUT2D eigenvalue weighted by Crippen LogP contribution is -2.26. The van der Waals surface area contributed by atoms with E-state index in [1.54, 1.807) is 0 Å². The van der Waals surface area contributed by atoms with Gasteiger partial charge in [-0.25, -0.2) is 0 Å². The maximum absolute atomic E-state index is 12.3. The van der Waals surface area contributed by atoms with Crippen molar-refractivity contribution in [1.82, 2.24) is 4.90 Å². The largest absolute Gasteiger partial charge is 0.295 e. The van der Waals surface area contributed by atoms with Gasteiger partial charge in [-0.2, -0.15) is 0 Å². The summed E-state index contributed by atoms with van der Waals surface area (Å²) < 4.78 is 0. The molecule has 1 rings (SSSR count). The van der Waals surface area contributed by atoms with E-state index in [-0.39, 0.29) is 11.2 Å². The summed E-state index contributed by atoms with van der Waals surface area (Å²) in [4.78, 5) is 14.3. The molecule has 0 aromatic heterocycles. The van der Waals surface area contributed by atoms with Crippen LogP contribution in [0.5, 0.6) is 0 Å². The molecule has 0 heterocycles. The highest BCUT2D eigenvalue weighted by Crippen LogP contribution is 2.23. The number of carbonyl (C=O) groups excluding carboxylic acids is 1. The van der Waals surface area contributed by atoms with E-state index >= 15 is 0 Å². The van der Waals surface area contributed by atoms with Crippen LogP contribution in [0.3, 0.4) is 0 Å². The lowest BCUT2D eigenvalue weighted by Gasteiger charge is -2.18. The van der Waals surface area contributed by atoms with Gasteiger partial charge in [0.15, 0.2) is 5.78 Å². The van der Waals surface area contributed by atoms with E-state index in [1.807, 2.05) is 49.2 Å². The van der Waals surface area contributed by atoms with Crippen LogP contribution >= 0.6 is 0 Å². The first kappa shape index (κ1) is 20.2. The van der Waals surface area contributed by atoms with Crippen LogP contribution in [-0.4, -0.2) is 30.8 Å². The number of rotatable bonds is 7. The third kappa shape index (κ3) is 6.34. The van der Waals surface area contributed by atoms with Crippen molar-refractivity contribution in [2.75, 3.05) is 20.1 Å². The van der Waals surface area contributed by atoms with Gasteiger partial charge in [-0.1, -0.05) is 43.9 Å². The van der Waals surface area contributed by atoms with Gasteiger partial charge in [0.2, 0.25) is 0 Å². The summed E-state index contributed by atoms with van der Waals surface area (Å²) in [6, 6.07) is 5.90. The monoisotopic (exact) mass is 325 g/mol. The molecule has 0 amide bonds. The first-order chi connectivity index (χ1) is 11.3. The maximum Gasteiger partial charge on any atom is 0.176 e. The molecule has 0 N–H and O–H groups in total. The third-order valence-electron chi connectivity index (χ3n) is 4.80. The van der Waals surface area contributed by atoms with E-state index in [4.69, 9.17) is 0 Å². The lowest BCUT2D eigenvalue weighted by atomic mass is 9.86. The van der Waals surface area contributed by atoms with Crippen LogP contribution in [0.25, 0.3) is 0 Å². The fourth-order valence-corrected chi connectivity index (χ4v) is 2.25. The molecular formula is C22H31NO. The van der Waals surface area contributed by atoms with Crippen LogP contribution in [0, 0.1) is 31.1 Å². The minimum absolute atomic E-state index is 0.107. The van der Waals surface area contributed by atoms with E-state index in [9.17, 15) is 4.79 Å². The predicted molar refractivity (Wildman–Crippen MR) is 103 cm³/mol. The van der Waals surface area contributed by atoms with Gasteiger partial charge in [-0.3, -0.25) is 9.69 Å². The van der Waals surface area contributed by atoms with Crippen molar-refractivity contribution in [1.29, 1.82) is 0 Å². The van der Waals surface area contributed by atoms with Crippen molar-refractivity contribution in [2.24, 2.45) is 5.41 Å². The van der Waals surface area contributed by atoms with Crippen LogP contribution in [0.4, 0.5) is 0 Å². The molecule has 0 radical (unpaired) electrons. The zero-order valence-electron chi connectivity index (χ0n) is 16.1. The van der Waals surface area contributed by atoms with Crippen LogP contribution in [0.1, 0.15) is 55.1 Å². The highest BCUT2D eigenvalue weighted by atomic mass is 16.1. The second kappa shape index (κ2) is 9.45. The molecule has 0 saturated carbocycles. The molecule has 0 atom stereocenters. The second-order valence-electron chi connectivity index (χ2n) is 6.86. The number of hydrogen-bond donors (Lipinski definition) is 0. The maximum atomic E-state index is 12.3. The van der Waals surface area contributed by atoms with Gasteiger partial charge in [-0.05, 0) is 63.9 Å². The lowest BCUT2D eigenvalue weighted by molar-refractivity contribution is 0.0951. The normalized spacial score (nSPS) is 11.6. The molecule has 0 saturated heterocycles. The SMILES string of the molecule is CCC(C)(C#C/C=C/CN(C)CC(=O)c1ccc(C)c(C)c1)CC. The van der Waals surface area contributed by atoms with E-state index < -0.39 is 0 Å². The van der Waals surface area contributed by atoms with Gasteiger partial charge in [-0.15, -0.1) is 0 Å². The number of aryl methyl sites for hydroxylation is 2. The fraction of sp³-hybridized carbons (Fsp3) is 0.500. The molecule has 2 heteroatoms. The number of hydrogen-bond acceptors (Lipinski definition) is 2. The van der Waals surface area contributed by atoms with E-state index in [1.165, 1.54) is 5.56 Å². The standard InChI is InChI=1S/C22H31NO/c1-7-22(5,8-2)14-10-9-11-15-23(6)17-21(24)20-13-12-18(3)19(4)16-20/h9,11-13,16H,7-8,15,17H2,1-6H3/b11-9+. The van der Waals surface area contributed by atoms with Gasteiger partial charge in [0.05, 0.1) is 6.54 Å². The molecular weight excluding hydrogens is 294 g/mol. The van der Waals surface area contributed by atoms with Gasteiger partial charge in [0, 0.05) is 17.5 Å². The Labute approximate surface area is 148 Å². The third-order valence-corrected chi connectivity index (χ3v) is 4.80. The number of Topliss-reactive ketones (excluding diaryl/α,β-unsaturated/α-hetero) is 1.